The van der Waals surface area contributed by atoms with E-state index in [0.717, 1.165) is 12.8 Å². The molecule has 0 heterocycles. The quantitative estimate of drug-likeness (QED) is 0.326. The first-order valence-electron chi connectivity index (χ1n) is 11.0. The molecule has 0 aromatic heterocycles. The smallest absolute Gasteiger partial charge is 0.407 e. The number of carbonyl (C=O) groups is 3. The summed E-state index contributed by atoms with van der Waals surface area (Å²) >= 11 is 0. The topological polar surface area (TPSA) is 137 Å². The van der Waals surface area contributed by atoms with Crippen LogP contribution in [0.1, 0.15) is 58.4 Å². The summed E-state index contributed by atoms with van der Waals surface area (Å²) in [5, 5.41) is 16.4. The zero-order valence-electron chi connectivity index (χ0n) is 19.6. The summed E-state index contributed by atoms with van der Waals surface area (Å²) in [5.74, 6) is -0.856. The van der Waals surface area contributed by atoms with Crippen molar-refractivity contribution in [3.05, 3.63) is 39.9 Å². The van der Waals surface area contributed by atoms with Gasteiger partial charge < -0.3 is 20.1 Å². The number of hydrogen-bond acceptors (Lipinski definition) is 7. The monoisotopic (exact) mass is 463 g/mol. The molecule has 1 aliphatic carbocycles. The van der Waals surface area contributed by atoms with Crippen LogP contribution in [0.15, 0.2) is 24.3 Å². The highest BCUT2D eigenvalue weighted by atomic mass is 16.6. The van der Waals surface area contributed by atoms with Gasteiger partial charge in [-0.25, -0.2) is 9.59 Å². The Hall–Kier alpha value is -3.17. The SMILES string of the molecule is COC(=O)C(Cc1ccc([N+](=O)[O-])cc1)NC(=O)C1(CCNC(=O)OC(C)(C)C)CCCC1. The van der Waals surface area contributed by atoms with Gasteiger partial charge in [-0.1, -0.05) is 25.0 Å². The second-order valence-electron chi connectivity index (χ2n) is 9.34. The standard InChI is InChI=1S/C23H33N3O7/c1-22(2,3)33-21(29)24-14-13-23(11-5-6-12-23)20(28)25-18(19(27)32-4)15-16-7-9-17(10-8-16)26(30)31/h7-10,18H,5-6,11-15H2,1-4H3,(H,24,29)(H,25,28). The van der Waals surface area contributed by atoms with E-state index in [1.165, 1.54) is 19.2 Å². The molecule has 33 heavy (non-hydrogen) atoms. The van der Waals surface area contributed by atoms with Crippen LogP contribution in [-0.4, -0.2) is 48.2 Å². The molecule has 1 saturated carbocycles. The fraction of sp³-hybridized carbons (Fsp3) is 0.609. The predicted octanol–water partition coefficient (Wildman–Crippen LogP) is 3.27. The van der Waals surface area contributed by atoms with Crippen LogP contribution in [-0.2, 0) is 25.5 Å². The maximum atomic E-state index is 13.3. The van der Waals surface area contributed by atoms with Gasteiger partial charge in [0.2, 0.25) is 5.91 Å². The first-order valence-corrected chi connectivity index (χ1v) is 11.0. The number of nitrogens with zero attached hydrogens (tertiary/aromatic N) is 1. The van der Waals surface area contributed by atoms with Gasteiger partial charge in [0.15, 0.2) is 0 Å². The van der Waals surface area contributed by atoms with Gasteiger partial charge >= 0.3 is 12.1 Å². The molecule has 0 bridgehead atoms. The molecular weight excluding hydrogens is 430 g/mol. The lowest BCUT2D eigenvalue weighted by atomic mass is 9.81. The molecule has 2 rings (SSSR count). The van der Waals surface area contributed by atoms with Gasteiger partial charge in [0.1, 0.15) is 11.6 Å². The number of methoxy groups -OCH3 is 1. The molecule has 2 N–H and O–H groups in total. The molecule has 0 saturated heterocycles. The normalized spacial score (nSPS) is 15.9. The number of nitro benzene ring substituents is 1. The second-order valence-corrected chi connectivity index (χ2v) is 9.34. The third kappa shape index (κ3) is 7.73. The summed E-state index contributed by atoms with van der Waals surface area (Å²) in [7, 11) is 1.24. The van der Waals surface area contributed by atoms with E-state index in [1.54, 1.807) is 32.9 Å². The van der Waals surface area contributed by atoms with Crippen molar-refractivity contribution in [1.29, 1.82) is 0 Å². The number of ether oxygens (including phenoxy) is 2. The van der Waals surface area contributed by atoms with Crippen LogP contribution in [0.3, 0.4) is 0 Å². The Labute approximate surface area is 193 Å². The van der Waals surface area contributed by atoms with Crippen molar-refractivity contribution >= 4 is 23.7 Å². The molecule has 1 aliphatic rings. The lowest BCUT2D eigenvalue weighted by molar-refractivity contribution is -0.384. The molecule has 0 spiro atoms. The fourth-order valence-corrected chi connectivity index (χ4v) is 4.00. The van der Waals surface area contributed by atoms with Crippen molar-refractivity contribution in [3.8, 4) is 0 Å². The highest BCUT2D eigenvalue weighted by Crippen LogP contribution is 2.41. The van der Waals surface area contributed by atoms with Crippen molar-refractivity contribution < 1.29 is 28.8 Å². The Morgan fingerprint density at radius 2 is 1.76 bits per heavy atom. The summed E-state index contributed by atoms with van der Waals surface area (Å²) in [6.07, 6.45) is 3.09. The third-order valence-corrected chi connectivity index (χ3v) is 5.69. The van der Waals surface area contributed by atoms with Crippen LogP contribution in [0.25, 0.3) is 0 Å². The van der Waals surface area contributed by atoms with Crippen molar-refractivity contribution in [2.24, 2.45) is 5.41 Å². The van der Waals surface area contributed by atoms with E-state index in [-0.39, 0.29) is 24.6 Å². The molecule has 0 aliphatic heterocycles. The first kappa shape index (κ1) is 26.1. The fourth-order valence-electron chi connectivity index (χ4n) is 4.00. The van der Waals surface area contributed by atoms with Crippen LogP contribution >= 0.6 is 0 Å². The maximum Gasteiger partial charge on any atom is 0.407 e. The van der Waals surface area contributed by atoms with Crippen LogP contribution in [0.2, 0.25) is 0 Å². The number of alkyl carbamates (subject to hydrolysis) is 1. The van der Waals surface area contributed by atoms with E-state index >= 15 is 0 Å². The number of nitro groups is 1. The average Bonchev–Trinajstić information content (AvgIpc) is 3.22. The minimum atomic E-state index is -0.930. The predicted molar refractivity (Wildman–Crippen MR) is 121 cm³/mol. The number of amides is 2. The Morgan fingerprint density at radius 3 is 2.27 bits per heavy atom. The van der Waals surface area contributed by atoms with Gasteiger partial charge in [-0.05, 0) is 45.6 Å². The van der Waals surface area contributed by atoms with E-state index in [9.17, 15) is 24.5 Å². The van der Waals surface area contributed by atoms with E-state index in [2.05, 4.69) is 10.6 Å². The molecule has 1 unspecified atom stereocenters. The Morgan fingerprint density at radius 1 is 1.15 bits per heavy atom. The lowest BCUT2D eigenvalue weighted by Gasteiger charge is -2.30. The van der Waals surface area contributed by atoms with Crippen molar-refractivity contribution in [2.45, 2.75) is 70.9 Å². The summed E-state index contributed by atoms with van der Waals surface area (Å²) in [5.41, 5.74) is -0.710. The number of hydrogen-bond donors (Lipinski definition) is 2. The molecule has 1 aromatic rings. The zero-order chi connectivity index (χ0) is 24.6. The Balaban J connectivity index is 2.05. The van der Waals surface area contributed by atoms with Gasteiger partial charge in [0.05, 0.1) is 17.4 Å². The average molecular weight is 464 g/mol. The molecular formula is C23H33N3O7. The maximum absolute atomic E-state index is 13.3. The van der Waals surface area contributed by atoms with Gasteiger partial charge in [-0.2, -0.15) is 0 Å². The lowest BCUT2D eigenvalue weighted by Crippen LogP contribution is -2.50. The number of nitrogens with one attached hydrogen (secondary N) is 2. The van der Waals surface area contributed by atoms with E-state index in [0.29, 0.717) is 24.8 Å². The molecule has 10 nitrogen and oxygen atoms in total. The number of benzene rings is 1. The van der Waals surface area contributed by atoms with Gasteiger partial charge in [-0.3, -0.25) is 14.9 Å². The third-order valence-electron chi connectivity index (χ3n) is 5.69. The number of non-ortho nitro benzene ring substituents is 1. The highest BCUT2D eigenvalue weighted by Gasteiger charge is 2.42. The summed E-state index contributed by atoms with van der Waals surface area (Å²) in [4.78, 5) is 47.9. The van der Waals surface area contributed by atoms with Gasteiger partial charge in [0.25, 0.3) is 5.69 Å². The van der Waals surface area contributed by atoms with E-state index in [1.807, 2.05) is 0 Å². The second kappa shape index (κ2) is 11.1. The zero-order valence-corrected chi connectivity index (χ0v) is 19.6. The van der Waals surface area contributed by atoms with Crippen molar-refractivity contribution in [3.63, 3.8) is 0 Å². The largest absolute Gasteiger partial charge is 0.467 e. The van der Waals surface area contributed by atoms with Crippen LogP contribution in [0, 0.1) is 15.5 Å². The highest BCUT2D eigenvalue weighted by molar-refractivity contribution is 5.88. The van der Waals surface area contributed by atoms with Crippen molar-refractivity contribution in [1.82, 2.24) is 10.6 Å². The Bertz CT molecular complexity index is 856. The minimum Gasteiger partial charge on any atom is -0.467 e. The molecule has 2 amide bonds. The molecule has 1 fully saturated rings. The van der Waals surface area contributed by atoms with E-state index < -0.39 is 34.0 Å². The number of esters is 1. The summed E-state index contributed by atoms with van der Waals surface area (Å²) in [6, 6.07) is 4.88. The van der Waals surface area contributed by atoms with Gasteiger partial charge in [-0.15, -0.1) is 0 Å². The van der Waals surface area contributed by atoms with Crippen LogP contribution in [0.5, 0.6) is 0 Å². The first-order chi connectivity index (χ1) is 15.5. The van der Waals surface area contributed by atoms with Crippen molar-refractivity contribution in [2.75, 3.05) is 13.7 Å². The molecule has 0 radical (unpaired) electrons. The molecule has 1 atom stereocenters. The molecule has 182 valence electrons. The van der Waals surface area contributed by atoms with Crippen LogP contribution < -0.4 is 10.6 Å². The minimum absolute atomic E-state index is 0.0557. The number of rotatable bonds is 9. The summed E-state index contributed by atoms with van der Waals surface area (Å²) in [6.45, 7) is 5.59. The van der Waals surface area contributed by atoms with E-state index in [4.69, 9.17) is 9.47 Å². The Kier molecular flexibility index (Phi) is 8.78. The van der Waals surface area contributed by atoms with Crippen LogP contribution in [0.4, 0.5) is 10.5 Å². The molecule has 10 heteroatoms. The van der Waals surface area contributed by atoms with Gasteiger partial charge in [0, 0.05) is 25.1 Å². The molecule has 1 aromatic carbocycles. The number of carbonyl (C=O) groups excluding carboxylic acids is 3. The summed E-state index contributed by atoms with van der Waals surface area (Å²) < 4.78 is 10.1.